The maximum absolute atomic E-state index is 17.4. The maximum atomic E-state index is 17.4. The second-order valence-corrected chi connectivity index (χ2v) is 13.4. The van der Waals surface area contributed by atoms with Gasteiger partial charge in [0.05, 0.1) is 40.3 Å². The maximum Gasteiger partial charge on any atom is 0.281 e. The summed E-state index contributed by atoms with van der Waals surface area (Å²) in [6.45, 7) is 11.2. The molecular weight excluding hydrogens is 649 g/mol. The van der Waals surface area contributed by atoms with Crippen molar-refractivity contribution < 1.29 is 27.9 Å². The molecule has 0 unspecified atom stereocenters. The first-order valence-corrected chi connectivity index (χ1v) is 16.4. The Balaban J connectivity index is 1.81. The number of phenolic OH excluding ortho intramolecular Hbond substituents is 1. The Morgan fingerprint density at radius 2 is 1.80 bits per heavy atom. The molecule has 0 aliphatic carbocycles. The van der Waals surface area contributed by atoms with Crippen molar-refractivity contribution in [2.24, 2.45) is 0 Å². The molecule has 1 N–H and O–H groups in total. The van der Waals surface area contributed by atoms with Crippen LogP contribution >= 0.6 is 0 Å². The number of fused-ring (bicyclic) bond motifs is 5. The zero-order valence-corrected chi connectivity index (χ0v) is 28.8. The van der Waals surface area contributed by atoms with Crippen molar-refractivity contribution in [1.82, 2.24) is 19.4 Å². The average molecular weight is 689 g/mol. The van der Waals surface area contributed by atoms with E-state index < -0.39 is 57.9 Å². The first-order valence-electron chi connectivity index (χ1n) is 16.4. The standard InChI is InChI=1S/C37H39F3N6O4/c1-8-27(48)44-18-25-36(49)43(15-14-42(6)7)35-34(45(25)17-21(44)5)22-16-24(39)29(28-23(38)10-9-11-26(28)47)30(40)33(22)46(37(35)50)32-20(4)12-13-41-31(32)19(2)3/h8-13,16,19,21,25,47H,1,14-15,17-18H2,2-7H3/t21-,25-/m1/s1. The molecule has 2 amide bonds. The molecule has 1 fully saturated rings. The third-order valence-electron chi connectivity index (χ3n) is 9.54. The van der Waals surface area contributed by atoms with Crippen molar-refractivity contribution in [2.45, 2.75) is 45.7 Å². The molecule has 1 saturated heterocycles. The summed E-state index contributed by atoms with van der Waals surface area (Å²) < 4.78 is 50.3. The van der Waals surface area contributed by atoms with Crippen LogP contribution < -0.4 is 15.4 Å². The van der Waals surface area contributed by atoms with E-state index in [9.17, 15) is 14.7 Å². The van der Waals surface area contributed by atoms with Crippen molar-refractivity contribution in [3.63, 3.8) is 0 Å². The predicted molar refractivity (Wildman–Crippen MR) is 187 cm³/mol. The lowest BCUT2D eigenvalue weighted by molar-refractivity contribution is -0.130. The van der Waals surface area contributed by atoms with Gasteiger partial charge in [0, 0.05) is 37.3 Å². The van der Waals surface area contributed by atoms with E-state index in [0.717, 1.165) is 28.8 Å². The summed E-state index contributed by atoms with van der Waals surface area (Å²) in [5.41, 5.74) is -1.40. The van der Waals surface area contributed by atoms with Gasteiger partial charge in [-0.1, -0.05) is 26.5 Å². The molecule has 0 saturated carbocycles. The molecule has 10 nitrogen and oxygen atoms in total. The number of aromatic hydroxyl groups is 1. The third kappa shape index (κ3) is 5.40. The number of phenols is 1. The SMILES string of the molecule is C=CC(=O)N1C[C@@H]2C(=O)N(CCN(C)C)c3c(c4cc(F)c(-c5c(O)cccc5F)c(F)c4n(-c4c(C)ccnc4C(C)C)c3=O)N2C[C@H]1C. The molecule has 6 rings (SSSR count). The predicted octanol–water partition coefficient (Wildman–Crippen LogP) is 5.11. The number of halogens is 3. The smallest absolute Gasteiger partial charge is 0.281 e. The van der Waals surface area contributed by atoms with E-state index in [0.29, 0.717) is 17.8 Å². The lowest BCUT2D eigenvalue weighted by Gasteiger charge is -2.50. The first-order chi connectivity index (χ1) is 23.7. The van der Waals surface area contributed by atoms with Crippen LogP contribution in [0.15, 0.2) is 54.0 Å². The molecule has 2 atom stereocenters. The van der Waals surface area contributed by atoms with E-state index >= 15 is 18.0 Å². The van der Waals surface area contributed by atoms with Gasteiger partial charge in [0.2, 0.25) is 5.91 Å². The number of rotatable bonds is 7. The summed E-state index contributed by atoms with van der Waals surface area (Å²) in [5.74, 6) is -5.29. The molecule has 4 aromatic rings. The van der Waals surface area contributed by atoms with E-state index in [-0.39, 0.29) is 59.4 Å². The van der Waals surface area contributed by atoms with E-state index in [1.165, 1.54) is 15.9 Å². The number of pyridine rings is 2. The second-order valence-electron chi connectivity index (χ2n) is 13.4. The van der Waals surface area contributed by atoms with Crippen LogP contribution in [0.4, 0.5) is 24.5 Å². The van der Waals surface area contributed by atoms with E-state index in [1.54, 1.807) is 31.0 Å². The fourth-order valence-corrected chi connectivity index (χ4v) is 7.14. The Morgan fingerprint density at radius 1 is 1.08 bits per heavy atom. The van der Waals surface area contributed by atoms with Crippen molar-refractivity contribution >= 4 is 34.1 Å². The highest BCUT2D eigenvalue weighted by Crippen LogP contribution is 2.46. The largest absolute Gasteiger partial charge is 0.507 e. The number of hydrogen-bond acceptors (Lipinski definition) is 7. The fourth-order valence-electron chi connectivity index (χ4n) is 7.14. The number of carbonyl (C=O) groups is 2. The van der Waals surface area contributed by atoms with Gasteiger partial charge in [0.25, 0.3) is 11.5 Å². The highest BCUT2D eigenvalue weighted by molar-refractivity contribution is 6.13. The summed E-state index contributed by atoms with van der Waals surface area (Å²) in [6.07, 6.45) is 2.74. The van der Waals surface area contributed by atoms with Crippen LogP contribution in [-0.4, -0.2) is 88.6 Å². The van der Waals surface area contributed by atoms with E-state index in [1.807, 2.05) is 32.8 Å². The molecule has 262 valence electrons. The normalized spacial score (nSPS) is 17.5. The summed E-state index contributed by atoms with van der Waals surface area (Å²) in [6, 6.07) is 4.53. The van der Waals surface area contributed by atoms with Crippen LogP contribution in [-0.2, 0) is 9.59 Å². The van der Waals surface area contributed by atoms with Crippen molar-refractivity contribution in [3.8, 4) is 22.6 Å². The summed E-state index contributed by atoms with van der Waals surface area (Å²) in [7, 11) is 3.62. The first kappa shape index (κ1) is 34.7. The van der Waals surface area contributed by atoms with Crippen molar-refractivity contribution in [3.05, 3.63) is 88.2 Å². The number of aromatic nitrogens is 2. The molecule has 2 aromatic heterocycles. The number of aryl methyl sites for hydroxylation is 1. The van der Waals surface area contributed by atoms with Gasteiger partial charge in [-0.25, -0.2) is 13.2 Å². The molecule has 4 heterocycles. The van der Waals surface area contributed by atoms with Gasteiger partial charge < -0.3 is 24.7 Å². The molecule has 0 bridgehead atoms. The Bertz CT molecular complexity index is 2110. The number of piperazine rings is 1. The van der Waals surface area contributed by atoms with Crippen LogP contribution in [0, 0.1) is 24.4 Å². The zero-order valence-electron chi connectivity index (χ0n) is 28.8. The molecule has 2 aliphatic heterocycles. The average Bonchev–Trinajstić information content (AvgIpc) is 3.05. The lowest BCUT2D eigenvalue weighted by Crippen LogP contribution is -2.67. The Kier molecular flexibility index (Phi) is 8.98. The number of anilines is 2. The number of amides is 2. The summed E-state index contributed by atoms with van der Waals surface area (Å²) in [5, 5.41) is 10.6. The minimum absolute atomic E-state index is 0.0461. The summed E-state index contributed by atoms with van der Waals surface area (Å²) in [4.78, 5) is 53.4. The van der Waals surface area contributed by atoms with Crippen LogP contribution in [0.3, 0.4) is 0 Å². The third-order valence-corrected chi connectivity index (χ3v) is 9.54. The number of carbonyl (C=O) groups excluding carboxylic acids is 2. The topological polar surface area (TPSA) is 102 Å². The van der Waals surface area contributed by atoms with Gasteiger partial charge >= 0.3 is 0 Å². The number of nitrogens with zero attached hydrogens (tertiary/aromatic N) is 6. The highest BCUT2D eigenvalue weighted by Gasteiger charge is 2.47. The fraction of sp³-hybridized carbons (Fsp3) is 0.351. The minimum Gasteiger partial charge on any atom is -0.507 e. The monoisotopic (exact) mass is 688 g/mol. The van der Waals surface area contributed by atoms with E-state index in [2.05, 4.69) is 11.6 Å². The molecule has 2 aromatic carbocycles. The number of likely N-dealkylation sites (N-methyl/N-ethyl adjacent to an activating group) is 1. The molecule has 50 heavy (non-hydrogen) atoms. The Hall–Kier alpha value is -5.17. The van der Waals surface area contributed by atoms with E-state index in [4.69, 9.17) is 0 Å². The van der Waals surface area contributed by atoms with Crippen LogP contribution in [0.5, 0.6) is 5.75 Å². The lowest BCUT2D eigenvalue weighted by atomic mass is 9.94. The van der Waals surface area contributed by atoms with Gasteiger partial charge in [-0.2, -0.15) is 0 Å². The molecule has 2 aliphatic rings. The van der Waals surface area contributed by atoms with Crippen molar-refractivity contribution in [1.29, 1.82) is 0 Å². The van der Waals surface area contributed by atoms with Gasteiger partial charge in [-0.05, 0) is 69.8 Å². The molecular formula is C37H39F3N6O4. The van der Waals surface area contributed by atoms with Gasteiger partial charge in [0.15, 0.2) is 5.82 Å². The van der Waals surface area contributed by atoms with Crippen molar-refractivity contribution in [2.75, 3.05) is 50.1 Å². The molecule has 13 heteroatoms. The number of benzene rings is 2. The zero-order chi connectivity index (χ0) is 36.3. The van der Waals surface area contributed by atoms with Gasteiger partial charge in [0.1, 0.15) is 29.1 Å². The Morgan fingerprint density at radius 3 is 2.44 bits per heavy atom. The second kappa shape index (κ2) is 12.9. The highest BCUT2D eigenvalue weighted by atomic mass is 19.1. The van der Waals surface area contributed by atoms with Gasteiger partial charge in [-0.15, -0.1) is 0 Å². The van der Waals surface area contributed by atoms with Crippen LogP contribution in [0.1, 0.15) is 37.9 Å². The number of hydrogen-bond donors (Lipinski definition) is 1. The quantitative estimate of drug-likeness (QED) is 0.270. The Labute approximate surface area is 287 Å². The molecule has 0 radical (unpaired) electrons. The summed E-state index contributed by atoms with van der Waals surface area (Å²) >= 11 is 0. The van der Waals surface area contributed by atoms with Crippen LogP contribution in [0.25, 0.3) is 27.7 Å². The van der Waals surface area contributed by atoms with Crippen LogP contribution in [0.2, 0.25) is 0 Å². The van der Waals surface area contributed by atoms with Gasteiger partial charge in [-0.3, -0.25) is 23.9 Å². The minimum atomic E-state index is -1.28. The molecule has 0 spiro atoms.